The van der Waals surface area contributed by atoms with Gasteiger partial charge in [0.2, 0.25) is 0 Å². The van der Waals surface area contributed by atoms with E-state index in [9.17, 15) is 0 Å². The van der Waals surface area contributed by atoms with Gasteiger partial charge in [-0.05, 0) is 0 Å². The van der Waals surface area contributed by atoms with Gasteiger partial charge in [0.05, 0.1) is 0 Å². The second-order valence-electron chi connectivity index (χ2n) is 0.201. The van der Waals surface area contributed by atoms with Crippen LogP contribution < -0.4 is 90.3 Å². The molecule has 0 unspecified atom stereocenters. The quantitative estimate of drug-likeness (QED) is 0.347. The molecular weight excluding hydrogens is 146 g/mol. The molecule has 0 aromatic heterocycles. The molecule has 0 saturated carbocycles. The van der Waals surface area contributed by atoms with Gasteiger partial charge >= 0.3 is 80.9 Å². The zero-order valence-electron chi connectivity index (χ0n) is 5.64. The average Bonchev–Trinajstić information content (AvgIpc) is 0.811. The minimum absolute atomic E-state index is 0. The largest absolute Gasteiger partial charge is 1.00 e. The molecule has 0 bridgehead atoms. The van der Waals surface area contributed by atoms with Crippen molar-refractivity contribution in [2.45, 2.75) is 0 Å². The van der Waals surface area contributed by atoms with E-state index in [-0.39, 0.29) is 83.8 Å². The zero-order valence-corrected chi connectivity index (χ0v) is 9.52. The topological polar surface area (TPSA) is 66.3 Å². The molecule has 0 aliphatic heterocycles. The summed E-state index contributed by atoms with van der Waals surface area (Å²) in [5.74, 6) is 0. The number of hydrogen-bond acceptors (Lipinski definition) is 3. The Hall–Kier alpha value is 2.81. The van der Waals surface area contributed by atoms with E-state index in [0.29, 0.717) is 0 Å². The summed E-state index contributed by atoms with van der Waals surface area (Å²) >= 11 is 0. The van der Waals surface area contributed by atoms with Crippen molar-refractivity contribution in [3.8, 4) is 0 Å². The van der Waals surface area contributed by atoms with Crippen molar-refractivity contribution in [1.29, 1.82) is 0 Å². The predicted octanol–water partition coefficient (Wildman–Crippen LogP) is -8.70. The van der Waals surface area contributed by atoms with Crippen LogP contribution in [0.15, 0.2) is 0 Å². The molecule has 6 heavy (non-hydrogen) atoms. The SMILES string of the molecule is [H-].[H-].[K+].[Na+].[O-][Cl+2]([O-])O. The summed E-state index contributed by atoms with van der Waals surface area (Å²) in [6.07, 6.45) is 0. The molecule has 0 amide bonds. The Balaban J connectivity index is -0.00000000750. The summed E-state index contributed by atoms with van der Waals surface area (Å²) in [5.41, 5.74) is 0. The number of halogens is 1. The van der Waals surface area contributed by atoms with Gasteiger partial charge in [-0.3, -0.25) is 0 Å². The maximum absolute atomic E-state index is 8.52. The molecule has 0 aromatic carbocycles. The normalized spacial score (nSPS) is 6.00. The third-order valence-corrected chi connectivity index (χ3v) is 0. The molecule has 0 heterocycles. The fourth-order valence-electron chi connectivity index (χ4n) is 0. The van der Waals surface area contributed by atoms with Gasteiger partial charge in [0, 0.05) is 4.66 Å². The van der Waals surface area contributed by atoms with Crippen molar-refractivity contribution in [1.82, 2.24) is 0 Å². The predicted molar refractivity (Wildman–Crippen MR) is 4.44 cm³/mol. The van der Waals surface area contributed by atoms with Crippen LogP contribution >= 0.6 is 0 Å². The molecule has 1 N–H and O–H groups in total. The van der Waals surface area contributed by atoms with Crippen LogP contribution in [0.5, 0.6) is 0 Å². The maximum Gasteiger partial charge on any atom is 1.00 e. The Morgan fingerprint density at radius 2 is 1.50 bits per heavy atom. The molecular formula is H3ClKNaO3. The van der Waals surface area contributed by atoms with Crippen molar-refractivity contribution >= 4 is 0 Å². The molecule has 0 radical (unpaired) electrons. The van der Waals surface area contributed by atoms with E-state index < -0.39 is 10.8 Å². The second-order valence-corrected chi connectivity index (χ2v) is 0.603. The summed E-state index contributed by atoms with van der Waals surface area (Å²) in [6, 6.07) is 0. The van der Waals surface area contributed by atoms with Crippen molar-refractivity contribution in [2.75, 3.05) is 0 Å². The van der Waals surface area contributed by atoms with Crippen LogP contribution in [0.3, 0.4) is 0 Å². The summed E-state index contributed by atoms with van der Waals surface area (Å²) < 4.78 is 24.0. The Morgan fingerprint density at radius 1 is 1.50 bits per heavy atom. The van der Waals surface area contributed by atoms with Crippen molar-refractivity contribution in [3.63, 3.8) is 0 Å². The molecule has 0 aliphatic carbocycles. The van der Waals surface area contributed by atoms with Crippen LogP contribution in [-0.2, 0) is 0 Å². The smallest absolute Gasteiger partial charge is 1.00 e. The Morgan fingerprint density at radius 3 is 1.50 bits per heavy atom. The van der Waals surface area contributed by atoms with E-state index in [1.807, 2.05) is 0 Å². The van der Waals surface area contributed by atoms with E-state index in [0.717, 1.165) is 0 Å². The maximum atomic E-state index is 8.52. The minimum atomic E-state index is -2.60. The van der Waals surface area contributed by atoms with Crippen LogP contribution in [-0.4, -0.2) is 4.66 Å². The van der Waals surface area contributed by atoms with Crippen LogP contribution in [0, 0.1) is 10.8 Å². The Kier molecular flexibility index (Phi) is 28.5. The van der Waals surface area contributed by atoms with Gasteiger partial charge in [-0.2, -0.15) is 0 Å². The zero-order chi connectivity index (χ0) is 3.58. The monoisotopic (exact) mass is 148 g/mol. The number of hydrogen-bond donors (Lipinski definition) is 1. The van der Waals surface area contributed by atoms with Gasteiger partial charge in [0.1, 0.15) is 0 Å². The molecule has 6 heteroatoms. The Labute approximate surface area is 106 Å². The third kappa shape index (κ3) is 29.1. The van der Waals surface area contributed by atoms with Gasteiger partial charge in [0.25, 0.3) is 10.8 Å². The minimum Gasteiger partial charge on any atom is -1.00 e. The fourth-order valence-corrected chi connectivity index (χ4v) is 0. The van der Waals surface area contributed by atoms with E-state index in [1.165, 1.54) is 0 Å². The van der Waals surface area contributed by atoms with E-state index in [2.05, 4.69) is 0 Å². The van der Waals surface area contributed by atoms with E-state index >= 15 is 0 Å². The molecule has 0 atom stereocenters. The first-order chi connectivity index (χ1) is 1.73. The van der Waals surface area contributed by atoms with Gasteiger partial charge in [-0.15, -0.1) is 0 Å². The summed E-state index contributed by atoms with van der Waals surface area (Å²) in [5, 5.41) is 0. The Bertz CT molecular complexity index is 22.0. The molecule has 0 rings (SSSR count). The van der Waals surface area contributed by atoms with Crippen LogP contribution in [0.1, 0.15) is 2.85 Å². The molecule has 0 spiro atoms. The van der Waals surface area contributed by atoms with Crippen molar-refractivity contribution < 1.29 is 109 Å². The van der Waals surface area contributed by atoms with E-state index in [4.69, 9.17) is 14.0 Å². The van der Waals surface area contributed by atoms with Crippen LogP contribution in [0.4, 0.5) is 0 Å². The average molecular weight is 149 g/mol. The first kappa shape index (κ1) is 15.9. The molecule has 30 valence electrons. The molecule has 0 fully saturated rings. The summed E-state index contributed by atoms with van der Waals surface area (Å²) in [7, 11) is -2.60. The van der Waals surface area contributed by atoms with Crippen molar-refractivity contribution in [2.24, 2.45) is 0 Å². The van der Waals surface area contributed by atoms with Gasteiger partial charge in [-0.1, -0.05) is 0 Å². The third-order valence-electron chi connectivity index (χ3n) is 0. The number of rotatable bonds is 0. The summed E-state index contributed by atoms with van der Waals surface area (Å²) in [4.78, 5) is 0. The first-order valence-electron chi connectivity index (χ1n) is 0.478. The standard InChI is InChI=1S/ClHO3.K.Na.2H/c2-1(3)4;;;;/h2H;;;;/q;2*+1;2*-1. The second kappa shape index (κ2) is 10.7. The molecule has 3 nitrogen and oxygen atoms in total. The fraction of sp³-hybridized carbons (Fsp3) is 0. The van der Waals surface area contributed by atoms with Gasteiger partial charge < -0.3 is 12.2 Å². The molecule has 0 aromatic rings. The van der Waals surface area contributed by atoms with Crippen LogP contribution in [0.2, 0.25) is 0 Å². The first-order valence-corrected chi connectivity index (χ1v) is 1.43. The van der Waals surface area contributed by atoms with Crippen LogP contribution in [0.25, 0.3) is 0 Å². The van der Waals surface area contributed by atoms with Gasteiger partial charge in [-0.25, -0.2) is 0 Å². The molecule has 0 aliphatic rings. The molecule has 0 saturated heterocycles. The van der Waals surface area contributed by atoms with Gasteiger partial charge in [0.15, 0.2) is 0 Å². The van der Waals surface area contributed by atoms with E-state index in [1.54, 1.807) is 0 Å². The van der Waals surface area contributed by atoms with Crippen molar-refractivity contribution in [3.05, 3.63) is 0 Å². The summed E-state index contributed by atoms with van der Waals surface area (Å²) in [6.45, 7) is 0.